The summed E-state index contributed by atoms with van der Waals surface area (Å²) in [4.78, 5) is 33.7. The van der Waals surface area contributed by atoms with Crippen LogP contribution in [0.2, 0.25) is 0 Å². The number of piperidine rings is 2. The lowest BCUT2D eigenvalue weighted by Crippen LogP contribution is -2.41. The summed E-state index contributed by atoms with van der Waals surface area (Å²) in [5, 5.41) is 0. The number of carbonyl (C=O) groups is 2. The number of para-hydroxylation sites is 1. The smallest absolute Gasteiger partial charge is 0.257 e. The predicted octanol–water partition coefficient (Wildman–Crippen LogP) is 3.88. The molecule has 1 aromatic heterocycles. The fraction of sp³-hybridized carbons (Fsp3) is 0.480. The molecule has 2 aliphatic rings. The van der Waals surface area contributed by atoms with E-state index in [0.717, 1.165) is 45.3 Å². The number of hydrogen-bond acceptors (Lipinski definition) is 4. The Kier molecular flexibility index (Phi) is 6.85. The van der Waals surface area contributed by atoms with Crippen molar-refractivity contribution in [1.29, 1.82) is 0 Å². The van der Waals surface area contributed by atoms with E-state index in [4.69, 9.17) is 4.74 Å². The van der Waals surface area contributed by atoms with Crippen molar-refractivity contribution in [3.63, 3.8) is 0 Å². The van der Waals surface area contributed by atoms with Gasteiger partial charge in [-0.2, -0.15) is 0 Å². The van der Waals surface area contributed by atoms with Crippen LogP contribution >= 0.6 is 0 Å². The molecule has 3 heterocycles. The van der Waals surface area contributed by atoms with E-state index >= 15 is 0 Å². The zero-order valence-electron chi connectivity index (χ0n) is 18.2. The van der Waals surface area contributed by atoms with Gasteiger partial charge in [-0.15, -0.1) is 0 Å². The summed E-state index contributed by atoms with van der Waals surface area (Å²) in [7, 11) is 0. The second-order valence-corrected chi connectivity index (χ2v) is 8.78. The molecule has 164 valence electrons. The van der Waals surface area contributed by atoms with Gasteiger partial charge in [0.25, 0.3) is 11.8 Å². The van der Waals surface area contributed by atoms with Crippen molar-refractivity contribution in [2.75, 3.05) is 32.8 Å². The van der Waals surface area contributed by atoms with E-state index in [1.165, 1.54) is 0 Å². The maximum absolute atomic E-state index is 13.1. The number of nitrogens with zero attached hydrogens (tertiary/aromatic N) is 3. The van der Waals surface area contributed by atoms with Crippen molar-refractivity contribution < 1.29 is 14.3 Å². The summed E-state index contributed by atoms with van der Waals surface area (Å²) >= 11 is 0. The molecule has 2 fully saturated rings. The van der Waals surface area contributed by atoms with Crippen LogP contribution in [0, 0.1) is 11.8 Å². The highest BCUT2D eigenvalue weighted by molar-refractivity contribution is 5.97. The fourth-order valence-corrected chi connectivity index (χ4v) is 4.42. The topological polar surface area (TPSA) is 62.7 Å². The molecular formula is C25H31N3O3. The third kappa shape index (κ3) is 5.24. The molecule has 1 atom stereocenters. The molecule has 0 radical (unpaired) electrons. The number of aromatic nitrogens is 1. The van der Waals surface area contributed by atoms with Crippen LogP contribution in [0.25, 0.3) is 0 Å². The van der Waals surface area contributed by atoms with Crippen LogP contribution in [0.1, 0.15) is 53.3 Å². The molecule has 0 N–H and O–H groups in total. The minimum atomic E-state index is 0.0435. The second-order valence-electron chi connectivity index (χ2n) is 8.78. The van der Waals surface area contributed by atoms with Crippen LogP contribution in [0.5, 0.6) is 5.75 Å². The molecule has 2 amide bonds. The van der Waals surface area contributed by atoms with Gasteiger partial charge in [0.15, 0.2) is 0 Å². The molecule has 31 heavy (non-hydrogen) atoms. The molecule has 2 aliphatic heterocycles. The summed E-state index contributed by atoms with van der Waals surface area (Å²) in [5.41, 5.74) is 1.31. The van der Waals surface area contributed by atoms with Gasteiger partial charge < -0.3 is 14.5 Å². The van der Waals surface area contributed by atoms with Gasteiger partial charge in [0.05, 0.1) is 12.2 Å². The Morgan fingerprint density at radius 1 is 0.968 bits per heavy atom. The van der Waals surface area contributed by atoms with Gasteiger partial charge in [-0.3, -0.25) is 14.6 Å². The van der Waals surface area contributed by atoms with Crippen LogP contribution < -0.4 is 4.74 Å². The number of hydrogen-bond donors (Lipinski definition) is 0. The molecule has 0 spiro atoms. The van der Waals surface area contributed by atoms with Crippen LogP contribution in [0.4, 0.5) is 0 Å². The van der Waals surface area contributed by atoms with Gasteiger partial charge in [-0.25, -0.2) is 0 Å². The molecular weight excluding hydrogens is 390 g/mol. The average molecular weight is 422 g/mol. The Balaban J connectivity index is 1.37. The molecule has 6 heteroatoms. The number of likely N-dealkylation sites (tertiary alicyclic amines) is 2. The minimum absolute atomic E-state index is 0.0435. The third-order valence-electron chi connectivity index (χ3n) is 6.40. The lowest BCUT2D eigenvalue weighted by molar-refractivity contribution is 0.0630. The van der Waals surface area contributed by atoms with Gasteiger partial charge in [-0.05, 0) is 55.9 Å². The first-order chi connectivity index (χ1) is 15.1. The van der Waals surface area contributed by atoms with E-state index in [1.807, 2.05) is 34.1 Å². The van der Waals surface area contributed by atoms with E-state index in [9.17, 15) is 9.59 Å². The zero-order valence-corrected chi connectivity index (χ0v) is 18.2. The van der Waals surface area contributed by atoms with Gasteiger partial charge in [-0.1, -0.05) is 19.1 Å². The molecule has 0 saturated carbocycles. The maximum atomic E-state index is 13.1. The van der Waals surface area contributed by atoms with Crippen LogP contribution in [0.3, 0.4) is 0 Å². The maximum Gasteiger partial charge on any atom is 0.257 e. The number of carbonyl (C=O) groups excluding carboxylic acids is 2. The van der Waals surface area contributed by atoms with Gasteiger partial charge in [0, 0.05) is 50.1 Å². The summed E-state index contributed by atoms with van der Waals surface area (Å²) in [6, 6.07) is 11.0. The van der Waals surface area contributed by atoms with Crippen LogP contribution in [0.15, 0.2) is 48.8 Å². The Labute approximate surface area is 184 Å². The first kappa shape index (κ1) is 21.3. The van der Waals surface area contributed by atoms with Crippen molar-refractivity contribution in [2.45, 2.75) is 32.6 Å². The highest BCUT2D eigenvalue weighted by Gasteiger charge is 2.27. The predicted molar refractivity (Wildman–Crippen MR) is 119 cm³/mol. The highest BCUT2D eigenvalue weighted by atomic mass is 16.5. The van der Waals surface area contributed by atoms with Gasteiger partial charge >= 0.3 is 0 Å². The largest absolute Gasteiger partial charge is 0.492 e. The molecule has 1 aromatic carbocycles. The first-order valence-electron chi connectivity index (χ1n) is 11.3. The summed E-state index contributed by atoms with van der Waals surface area (Å²) < 4.78 is 6.15. The summed E-state index contributed by atoms with van der Waals surface area (Å²) in [6.45, 7) is 5.79. The summed E-state index contributed by atoms with van der Waals surface area (Å²) in [6.07, 6.45) is 7.37. The van der Waals surface area contributed by atoms with Crippen molar-refractivity contribution in [2.24, 2.45) is 11.8 Å². The minimum Gasteiger partial charge on any atom is -0.492 e. The molecule has 2 saturated heterocycles. The zero-order chi connectivity index (χ0) is 21.6. The fourth-order valence-electron chi connectivity index (χ4n) is 4.42. The van der Waals surface area contributed by atoms with E-state index in [1.54, 1.807) is 24.5 Å². The second kappa shape index (κ2) is 9.94. The Morgan fingerprint density at radius 2 is 1.71 bits per heavy atom. The third-order valence-corrected chi connectivity index (χ3v) is 6.40. The van der Waals surface area contributed by atoms with E-state index in [2.05, 4.69) is 11.9 Å². The molecule has 2 aromatic rings. The number of ether oxygens (including phenoxy) is 1. The van der Waals surface area contributed by atoms with Gasteiger partial charge in [0.1, 0.15) is 5.75 Å². The van der Waals surface area contributed by atoms with Gasteiger partial charge in [0.2, 0.25) is 0 Å². The van der Waals surface area contributed by atoms with E-state index in [-0.39, 0.29) is 17.7 Å². The molecule has 6 nitrogen and oxygen atoms in total. The van der Waals surface area contributed by atoms with E-state index in [0.29, 0.717) is 35.9 Å². The Hall–Kier alpha value is -2.89. The van der Waals surface area contributed by atoms with Crippen molar-refractivity contribution in [3.8, 4) is 5.75 Å². The monoisotopic (exact) mass is 421 g/mol. The summed E-state index contributed by atoms with van der Waals surface area (Å²) in [5.74, 6) is 1.67. The van der Waals surface area contributed by atoms with Crippen LogP contribution in [-0.2, 0) is 0 Å². The lowest BCUT2D eigenvalue weighted by Gasteiger charge is -2.33. The van der Waals surface area contributed by atoms with E-state index < -0.39 is 0 Å². The van der Waals surface area contributed by atoms with Crippen molar-refractivity contribution in [1.82, 2.24) is 14.8 Å². The SMILES string of the molecule is CC1CCN(C(=O)c2ccccc2OCC2CCCN(C(=O)c3ccncc3)C2)CC1. The first-order valence-corrected chi connectivity index (χ1v) is 11.3. The molecule has 0 bridgehead atoms. The quantitative estimate of drug-likeness (QED) is 0.735. The van der Waals surface area contributed by atoms with Crippen molar-refractivity contribution >= 4 is 11.8 Å². The average Bonchev–Trinajstić information content (AvgIpc) is 2.83. The standard InChI is InChI=1S/C25H31N3O3/c1-19-10-15-27(16-11-19)25(30)22-6-2-3-7-23(22)31-18-20-5-4-14-28(17-20)24(29)21-8-12-26-13-9-21/h2-3,6-9,12-13,19-20H,4-5,10-11,14-18H2,1H3. The number of benzene rings is 1. The number of amides is 2. The molecule has 4 rings (SSSR count). The highest BCUT2D eigenvalue weighted by Crippen LogP contribution is 2.25. The Bertz CT molecular complexity index is 894. The number of pyridine rings is 1. The Morgan fingerprint density at radius 3 is 2.48 bits per heavy atom. The lowest BCUT2D eigenvalue weighted by atomic mass is 9.98. The van der Waals surface area contributed by atoms with Crippen LogP contribution in [-0.4, -0.2) is 59.4 Å². The molecule has 1 unspecified atom stereocenters. The number of rotatable bonds is 5. The van der Waals surface area contributed by atoms with Crippen molar-refractivity contribution in [3.05, 3.63) is 59.9 Å². The normalized spacial score (nSPS) is 19.8. The molecule has 0 aliphatic carbocycles.